The number of benzene rings is 2. The van der Waals surface area contributed by atoms with Gasteiger partial charge >= 0.3 is 11.9 Å². The molecule has 0 saturated heterocycles. The van der Waals surface area contributed by atoms with Gasteiger partial charge in [0.25, 0.3) is 0 Å². The lowest BCUT2D eigenvalue weighted by Crippen LogP contribution is -2.46. The zero-order chi connectivity index (χ0) is 23.2. The molecular formula is C25H24ClNO5. The minimum atomic E-state index is -1.67. The summed E-state index contributed by atoms with van der Waals surface area (Å²) in [5.41, 5.74) is 2.18. The van der Waals surface area contributed by atoms with Gasteiger partial charge in [-0.2, -0.15) is 0 Å². The lowest BCUT2D eigenvalue weighted by molar-refractivity contribution is -0.165. The average molecular weight is 454 g/mol. The maximum atomic E-state index is 13.1. The molecule has 1 aromatic heterocycles. The second-order valence-electron chi connectivity index (χ2n) is 7.88. The van der Waals surface area contributed by atoms with Crippen molar-refractivity contribution in [3.63, 3.8) is 0 Å². The molecule has 1 atom stereocenters. The molecule has 1 heterocycles. The van der Waals surface area contributed by atoms with E-state index in [0.717, 1.165) is 22.0 Å². The fourth-order valence-electron chi connectivity index (χ4n) is 4.86. The van der Waals surface area contributed by atoms with Crippen LogP contribution < -0.4 is 4.74 Å². The normalized spacial score (nSPS) is 17.0. The SMILES string of the molecule is C=C1c2c(c3cc(Cl)ccc3n2C)[C@H](c2ccc(OC)cc2)CC1(C(=O)OC)C(=O)OC. The van der Waals surface area contributed by atoms with Crippen molar-refractivity contribution in [3.05, 3.63) is 70.9 Å². The predicted octanol–water partition coefficient (Wildman–Crippen LogP) is 4.72. The quantitative estimate of drug-likeness (QED) is 0.422. The monoisotopic (exact) mass is 453 g/mol. The molecule has 0 amide bonds. The highest BCUT2D eigenvalue weighted by molar-refractivity contribution is 6.31. The van der Waals surface area contributed by atoms with Gasteiger partial charge in [0.05, 0.1) is 21.3 Å². The number of aromatic nitrogens is 1. The van der Waals surface area contributed by atoms with E-state index in [9.17, 15) is 9.59 Å². The number of ether oxygens (including phenoxy) is 3. The Kier molecular flexibility index (Phi) is 5.51. The molecule has 0 radical (unpaired) electrons. The average Bonchev–Trinajstić information content (AvgIpc) is 3.10. The van der Waals surface area contributed by atoms with Crippen LogP contribution in [0.2, 0.25) is 5.02 Å². The van der Waals surface area contributed by atoms with Gasteiger partial charge < -0.3 is 18.8 Å². The van der Waals surface area contributed by atoms with E-state index in [2.05, 4.69) is 6.58 Å². The summed E-state index contributed by atoms with van der Waals surface area (Å²) in [6.07, 6.45) is 0.121. The number of rotatable bonds is 4. The molecule has 4 rings (SSSR count). The summed E-state index contributed by atoms with van der Waals surface area (Å²) >= 11 is 6.35. The van der Waals surface area contributed by atoms with Crippen LogP contribution in [-0.2, 0) is 26.1 Å². The Bertz CT molecular complexity index is 1230. The van der Waals surface area contributed by atoms with E-state index in [4.69, 9.17) is 25.8 Å². The summed E-state index contributed by atoms with van der Waals surface area (Å²) in [6.45, 7) is 4.21. The number of carbonyl (C=O) groups is 2. The Hall–Kier alpha value is -3.25. The van der Waals surface area contributed by atoms with E-state index in [1.807, 2.05) is 54.1 Å². The predicted molar refractivity (Wildman–Crippen MR) is 123 cm³/mol. The number of aryl methyl sites for hydroxylation is 1. The number of hydrogen-bond acceptors (Lipinski definition) is 5. The van der Waals surface area contributed by atoms with Crippen molar-refractivity contribution in [2.75, 3.05) is 21.3 Å². The van der Waals surface area contributed by atoms with Gasteiger partial charge in [0.2, 0.25) is 0 Å². The molecule has 166 valence electrons. The summed E-state index contributed by atoms with van der Waals surface area (Å²) in [5, 5.41) is 1.54. The van der Waals surface area contributed by atoms with E-state index < -0.39 is 17.4 Å². The maximum Gasteiger partial charge on any atom is 0.327 e. The molecular weight excluding hydrogens is 430 g/mol. The Labute approximate surface area is 191 Å². The van der Waals surface area contributed by atoms with Gasteiger partial charge in [-0.3, -0.25) is 9.59 Å². The van der Waals surface area contributed by atoms with Crippen LogP contribution in [0.1, 0.15) is 29.2 Å². The van der Waals surface area contributed by atoms with Gasteiger partial charge in [0.1, 0.15) is 5.75 Å². The van der Waals surface area contributed by atoms with Gasteiger partial charge in [0, 0.05) is 34.6 Å². The Morgan fingerprint density at radius 2 is 1.69 bits per heavy atom. The lowest BCUT2D eigenvalue weighted by Gasteiger charge is -2.39. The number of halogens is 1. The van der Waals surface area contributed by atoms with Gasteiger partial charge in [0.15, 0.2) is 5.41 Å². The topological polar surface area (TPSA) is 66.8 Å². The van der Waals surface area contributed by atoms with Crippen molar-refractivity contribution in [3.8, 4) is 5.75 Å². The van der Waals surface area contributed by atoms with Crippen molar-refractivity contribution in [2.45, 2.75) is 12.3 Å². The first kappa shape index (κ1) is 22.0. The fourth-order valence-corrected chi connectivity index (χ4v) is 5.03. The van der Waals surface area contributed by atoms with Gasteiger partial charge in [-0.25, -0.2) is 0 Å². The first-order valence-electron chi connectivity index (χ1n) is 10.1. The summed E-state index contributed by atoms with van der Waals surface area (Å²) in [7, 11) is 6.01. The van der Waals surface area contributed by atoms with Crippen molar-refractivity contribution in [2.24, 2.45) is 12.5 Å². The van der Waals surface area contributed by atoms with Crippen LogP contribution in [0, 0.1) is 5.41 Å². The number of nitrogens with zero attached hydrogens (tertiary/aromatic N) is 1. The molecule has 0 aliphatic heterocycles. The van der Waals surface area contributed by atoms with Gasteiger partial charge in [-0.1, -0.05) is 30.3 Å². The molecule has 2 aromatic carbocycles. The van der Waals surface area contributed by atoms with E-state index in [1.165, 1.54) is 14.2 Å². The van der Waals surface area contributed by atoms with Crippen LogP contribution in [0.3, 0.4) is 0 Å². The number of carbonyl (C=O) groups excluding carboxylic acids is 2. The summed E-state index contributed by atoms with van der Waals surface area (Å²) < 4.78 is 17.5. The van der Waals surface area contributed by atoms with Crippen molar-refractivity contribution < 1.29 is 23.8 Å². The molecule has 0 saturated carbocycles. The van der Waals surface area contributed by atoms with Crippen molar-refractivity contribution in [1.82, 2.24) is 4.57 Å². The number of hydrogen-bond donors (Lipinski definition) is 0. The van der Waals surface area contributed by atoms with Gasteiger partial charge in [-0.15, -0.1) is 0 Å². The van der Waals surface area contributed by atoms with Crippen LogP contribution in [0.15, 0.2) is 49.0 Å². The smallest absolute Gasteiger partial charge is 0.327 e. The zero-order valence-electron chi connectivity index (χ0n) is 18.4. The molecule has 0 N–H and O–H groups in total. The highest BCUT2D eigenvalue weighted by atomic mass is 35.5. The minimum Gasteiger partial charge on any atom is -0.497 e. The zero-order valence-corrected chi connectivity index (χ0v) is 19.2. The Morgan fingerprint density at radius 1 is 1.06 bits per heavy atom. The molecule has 1 aliphatic carbocycles. The van der Waals surface area contributed by atoms with Crippen LogP contribution >= 0.6 is 11.6 Å². The molecule has 6 nitrogen and oxygen atoms in total. The summed E-state index contributed by atoms with van der Waals surface area (Å²) in [6, 6.07) is 13.2. The third-order valence-corrected chi connectivity index (χ3v) is 6.68. The van der Waals surface area contributed by atoms with Crippen LogP contribution in [0.4, 0.5) is 0 Å². The molecule has 0 spiro atoms. The molecule has 7 heteroatoms. The first-order chi connectivity index (χ1) is 15.3. The first-order valence-corrected chi connectivity index (χ1v) is 10.5. The fraction of sp³-hybridized carbons (Fsp3) is 0.280. The molecule has 3 aromatic rings. The van der Waals surface area contributed by atoms with Crippen LogP contribution in [-0.4, -0.2) is 37.8 Å². The summed E-state index contributed by atoms with van der Waals surface area (Å²) in [5.74, 6) is -0.993. The van der Waals surface area contributed by atoms with E-state index in [0.29, 0.717) is 22.0 Å². The molecule has 1 aliphatic rings. The Morgan fingerprint density at radius 3 is 2.25 bits per heavy atom. The minimum absolute atomic E-state index is 0.121. The Balaban J connectivity index is 2.08. The standard InChI is InChI=1S/C25H24ClNO5/c1-14-22-21(18-12-16(26)8-11-20(18)27(22)2)19(15-6-9-17(30-3)10-7-15)13-25(14,23(28)31-4)24(29)32-5/h6-12,19H,1,13H2,2-5H3/t19-/m0/s1. The highest BCUT2D eigenvalue weighted by Crippen LogP contribution is 2.55. The number of fused-ring (bicyclic) bond motifs is 3. The van der Waals surface area contributed by atoms with Crippen molar-refractivity contribution >= 4 is 40.0 Å². The molecule has 0 fully saturated rings. The number of esters is 2. The van der Waals surface area contributed by atoms with E-state index >= 15 is 0 Å². The van der Waals surface area contributed by atoms with Crippen LogP contribution in [0.5, 0.6) is 5.75 Å². The molecule has 0 unspecified atom stereocenters. The highest BCUT2D eigenvalue weighted by Gasteiger charge is 2.57. The second-order valence-corrected chi connectivity index (χ2v) is 8.32. The third-order valence-electron chi connectivity index (χ3n) is 6.45. The largest absolute Gasteiger partial charge is 0.497 e. The maximum absolute atomic E-state index is 13.1. The van der Waals surface area contributed by atoms with Gasteiger partial charge in [-0.05, 0) is 53.5 Å². The number of methoxy groups -OCH3 is 3. The summed E-state index contributed by atoms with van der Waals surface area (Å²) in [4.78, 5) is 26.3. The van der Waals surface area contributed by atoms with Crippen molar-refractivity contribution in [1.29, 1.82) is 0 Å². The second kappa shape index (κ2) is 8.02. The lowest BCUT2D eigenvalue weighted by atomic mass is 9.64. The molecule has 32 heavy (non-hydrogen) atoms. The third kappa shape index (κ3) is 3.01. The van der Waals surface area contributed by atoms with Crippen LogP contribution in [0.25, 0.3) is 16.5 Å². The van der Waals surface area contributed by atoms with E-state index in [1.54, 1.807) is 7.11 Å². The van der Waals surface area contributed by atoms with E-state index in [-0.39, 0.29) is 12.3 Å². The molecule has 0 bridgehead atoms.